The first-order chi connectivity index (χ1) is 10.4. The summed E-state index contributed by atoms with van der Waals surface area (Å²) in [6.45, 7) is 2.39. The Morgan fingerprint density at radius 2 is 1.95 bits per heavy atom. The van der Waals surface area contributed by atoms with E-state index in [1.54, 1.807) is 22.8 Å². The summed E-state index contributed by atoms with van der Waals surface area (Å²) in [5, 5.41) is 10.5. The monoisotopic (exact) mass is 403 g/mol. The van der Waals surface area contributed by atoms with Crippen molar-refractivity contribution in [2.75, 3.05) is 0 Å². The van der Waals surface area contributed by atoms with Gasteiger partial charge in [-0.2, -0.15) is 0 Å². The van der Waals surface area contributed by atoms with Crippen LogP contribution in [-0.4, -0.2) is 15.6 Å². The number of pyridine rings is 1. The fraction of sp³-hybridized carbons (Fsp3) is 0.200. The molecule has 0 bridgehead atoms. The van der Waals surface area contributed by atoms with Crippen molar-refractivity contribution >= 4 is 45.1 Å². The summed E-state index contributed by atoms with van der Waals surface area (Å²) >= 11 is 15.3. The van der Waals surface area contributed by atoms with Gasteiger partial charge >= 0.3 is 5.97 Å². The third kappa shape index (κ3) is 3.07. The standard InChI is InChI=1S/C15H12BrCl2NO3/c1-2-19-9(7-16)6-12(20)13(15(21)22)14(19)8-3-4-10(17)11(18)5-8/h3-6H,2,7H2,1H3,(H,21,22). The molecule has 4 nitrogen and oxygen atoms in total. The molecule has 0 aliphatic heterocycles. The lowest BCUT2D eigenvalue weighted by Crippen LogP contribution is -2.23. The first kappa shape index (κ1) is 17.1. The van der Waals surface area contributed by atoms with E-state index in [0.717, 1.165) is 0 Å². The number of halogens is 3. The highest BCUT2D eigenvalue weighted by Crippen LogP contribution is 2.30. The normalized spacial score (nSPS) is 10.7. The van der Waals surface area contributed by atoms with Crippen LogP contribution in [0.15, 0.2) is 29.1 Å². The topological polar surface area (TPSA) is 59.3 Å². The minimum Gasteiger partial charge on any atom is -0.477 e. The highest BCUT2D eigenvalue weighted by atomic mass is 79.9. The summed E-state index contributed by atoms with van der Waals surface area (Å²) in [5.74, 6) is -1.27. The second kappa shape index (κ2) is 6.86. The predicted octanol–water partition coefficient (Wildman–Crippen LogP) is 4.44. The number of aromatic nitrogens is 1. The van der Waals surface area contributed by atoms with Crippen LogP contribution in [0.2, 0.25) is 10.0 Å². The van der Waals surface area contributed by atoms with Gasteiger partial charge in [-0.3, -0.25) is 4.79 Å². The molecule has 0 saturated heterocycles. The molecule has 0 radical (unpaired) electrons. The van der Waals surface area contributed by atoms with Gasteiger partial charge in [-0.1, -0.05) is 45.2 Å². The first-order valence-electron chi connectivity index (χ1n) is 6.42. The van der Waals surface area contributed by atoms with Crippen molar-refractivity contribution in [1.29, 1.82) is 0 Å². The van der Waals surface area contributed by atoms with E-state index >= 15 is 0 Å². The lowest BCUT2D eigenvalue weighted by atomic mass is 10.0. The largest absolute Gasteiger partial charge is 0.477 e. The molecule has 0 amide bonds. The Kier molecular flexibility index (Phi) is 5.32. The van der Waals surface area contributed by atoms with Crippen molar-refractivity contribution in [2.24, 2.45) is 0 Å². The van der Waals surface area contributed by atoms with Crippen LogP contribution in [0.4, 0.5) is 0 Å². The zero-order valence-electron chi connectivity index (χ0n) is 11.6. The van der Waals surface area contributed by atoms with Crippen molar-refractivity contribution in [3.8, 4) is 11.3 Å². The van der Waals surface area contributed by atoms with Gasteiger partial charge in [-0.15, -0.1) is 0 Å². The van der Waals surface area contributed by atoms with E-state index in [1.165, 1.54) is 6.07 Å². The molecular weight excluding hydrogens is 393 g/mol. The van der Waals surface area contributed by atoms with Crippen LogP contribution in [0.1, 0.15) is 23.0 Å². The Bertz CT molecular complexity index is 802. The van der Waals surface area contributed by atoms with Crippen LogP contribution < -0.4 is 5.43 Å². The Labute approximate surface area is 145 Å². The van der Waals surface area contributed by atoms with Gasteiger partial charge in [0.25, 0.3) is 0 Å². The van der Waals surface area contributed by atoms with Crippen molar-refractivity contribution in [2.45, 2.75) is 18.8 Å². The Balaban J connectivity index is 2.92. The van der Waals surface area contributed by atoms with Gasteiger partial charge in [0, 0.05) is 29.2 Å². The number of hydrogen-bond donors (Lipinski definition) is 1. The van der Waals surface area contributed by atoms with Crippen LogP contribution in [0.5, 0.6) is 0 Å². The van der Waals surface area contributed by atoms with Crippen molar-refractivity contribution in [1.82, 2.24) is 4.57 Å². The van der Waals surface area contributed by atoms with E-state index in [0.29, 0.717) is 38.9 Å². The van der Waals surface area contributed by atoms with Crippen molar-refractivity contribution in [3.05, 3.63) is 55.8 Å². The minimum absolute atomic E-state index is 0.273. The summed E-state index contributed by atoms with van der Waals surface area (Å²) in [6.07, 6.45) is 0. The summed E-state index contributed by atoms with van der Waals surface area (Å²) in [5.41, 5.74) is 0.750. The Morgan fingerprint density at radius 1 is 1.27 bits per heavy atom. The smallest absolute Gasteiger partial charge is 0.341 e. The summed E-state index contributed by atoms with van der Waals surface area (Å²) < 4.78 is 1.78. The van der Waals surface area contributed by atoms with Crippen LogP contribution in [0.25, 0.3) is 11.3 Å². The molecule has 0 aliphatic carbocycles. The molecule has 0 fully saturated rings. The number of rotatable bonds is 4. The first-order valence-corrected chi connectivity index (χ1v) is 8.29. The van der Waals surface area contributed by atoms with E-state index in [4.69, 9.17) is 23.2 Å². The van der Waals surface area contributed by atoms with Gasteiger partial charge in [-0.05, 0) is 19.1 Å². The van der Waals surface area contributed by atoms with Gasteiger partial charge in [0.15, 0.2) is 5.43 Å². The average molecular weight is 405 g/mol. The second-order valence-electron chi connectivity index (χ2n) is 4.54. The van der Waals surface area contributed by atoms with Gasteiger partial charge in [0.1, 0.15) is 5.56 Å². The van der Waals surface area contributed by atoms with Crippen LogP contribution in [0.3, 0.4) is 0 Å². The fourth-order valence-electron chi connectivity index (χ4n) is 2.32. The van der Waals surface area contributed by atoms with E-state index in [2.05, 4.69) is 15.9 Å². The maximum Gasteiger partial charge on any atom is 0.341 e. The second-order valence-corrected chi connectivity index (χ2v) is 5.91. The molecule has 22 heavy (non-hydrogen) atoms. The molecule has 7 heteroatoms. The number of aromatic carboxylic acids is 1. The molecule has 1 aromatic carbocycles. The number of carboxylic acid groups (broad SMARTS) is 1. The van der Waals surface area contributed by atoms with Crippen molar-refractivity contribution in [3.63, 3.8) is 0 Å². The lowest BCUT2D eigenvalue weighted by molar-refractivity contribution is 0.0695. The molecule has 1 heterocycles. The molecule has 116 valence electrons. The van der Waals surface area contributed by atoms with Crippen LogP contribution >= 0.6 is 39.1 Å². The van der Waals surface area contributed by atoms with Gasteiger partial charge in [0.2, 0.25) is 0 Å². The molecule has 1 N–H and O–H groups in total. The lowest BCUT2D eigenvalue weighted by Gasteiger charge is -2.18. The molecule has 2 rings (SSSR count). The van der Waals surface area contributed by atoms with Crippen LogP contribution in [-0.2, 0) is 11.9 Å². The number of nitrogens with zero attached hydrogens (tertiary/aromatic N) is 1. The van der Waals surface area contributed by atoms with E-state index in [-0.39, 0.29) is 5.56 Å². The number of carbonyl (C=O) groups is 1. The maximum atomic E-state index is 12.2. The predicted molar refractivity (Wildman–Crippen MR) is 91.4 cm³/mol. The zero-order valence-corrected chi connectivity index (χ0v) is 14.7. The third-order valence-electron chi connectivity index (χ3n) is 3.26. The third-order valence-corrected chi connectivity index (χ3v) is 4.57. The molecule has 0 spiro atoms. The van der Waals surface area contributed by atoms with Gasteiger partial charge in [0.05, 0.1) is 15.7 Å². The minimum atomic E-state index is -1.27. The highest BCUT2D eigenvalue weighted by Gasteiger charge is 2.21. The van der Waals surface area contributed by atoms with E-state index in [1.807, 2.05) is 6.92 Å². The molecule has 0 atom stereocenters. The van der Waals surface area contributed by atoms with Gasteiger partial charge < -0.3 is 9.67 Å². The molecule has 0 aliphatic rings. The SMILES string of the molecule is CCn1c(CBr)cc(=O)c(C(=O)O)c1-c1ccc(Cl)c(Cl)c1. The fourth-order valence-corrected chi connectivity index (χ4v) is 3.08. The molecule has 0 saturated carbocycles. The quantitative estimate of drug-likeness (QED) is 0.766. The van der Waals surface area contributed by atoms with Crippen molar-refractivity contribution < 1.29 is 9.90 Å². The molecule has 1 aromatic heterocycles. The number of benzene rings is 1. The summed E-state index contributed by atoms with van der Waals surface area (Å²) in [4.78, 5) is 23.7. The number of carboxylic acids is 1. The number of hydrogen-bond acceptors (Lipinski definition) is 2. The molecule has 2 aromatic rings. The highest BCUT2D eigenvalue weighted by molar-refractivity contribution is 9.08. The Morgan fingerprint density at radius 3 is 2.45 bits per heavy atom. The van der Waals surface area contributed by atoms with E-state index < -0.39 is 11.4 Å². The zero-order chi connectivity index (χ0) is 16.4. The maximum absolute atomic E-state index is 12.2. The molecule has 0 unspecified atom stereocenters. The number of alkyl halides is 1. The van der Waals surface area contributed by atoms with E-state index in [9.17, 15) is 14.7 Å². The Hall–Kier alpha value is -1.30. The summed E-state index contributed by atoms with van der Waals surface area (Å²) in [6, 6.07) is 6.13. The summed E-state index contributed by atoms with van der Waals surface area (Å²) in [7, 11) is 0. The average Bonchev–Trinajstić information content (AvgIpc) is 2.48. The van der Waals surface area contributed by atoms with Gasteiger partial charge in [-0.25, -0.2) is 4.79 Å². The van der Waals surface area contributed by atoms with Crippen LogP contribution in [0, 0.1) is 0 Å². The molecular formula is C15H12BrCl2NO3.